The van der Waals surface area contributed by atoms with Crippen LogP contribution in [0.5, 0.6) is 0 Å². The van der Waals surface area contributed by atoms with E-state index >= 15 is 0 Å². The number of hydrogen-bond donors (Lipinski definition) is 2. The van der Waals surface area contributed by atoms with Gasteiger partial charge in [0, 0.05) is 19.2 Å². The van der Waals surface area contributed by atoms with Crippen LogP contribution < -0.4 is 10.6 Å². The van der Waals surface area contributed by atoms with E-state index in [0.29, 0.717) is 25.3 Å². The van der Waals surface area contributed by atoms with Gasteiger partial charge < -0.3 is 10.6 Å². The molecule has 6 heteroatoms. The maximum absolute atomic E-state index is 11.6. The molecule has 0 aromatic rings. The zero-order valence-corrected chi connectivity index (χ0v) is 11.2. The van der Waals surface area contributed by atoms with E-state index in [1.165, 1.54) is 6.26 Å². The van der Waals surface area contributed by atoms with E-state index in [2.05, 4.69) is 10.6 Å². The van der Waals surface area contributed by atoms with Gasteiger partial charge in [0.25, 0.3) is 0 Å². The minimum atomic E-state index is -2.91. The van der Waals surface area contributed by atoms with Gasteiger partial charge in [0.05, 0.1) is 5.75 Å². The monoisotopic (exact) mass is 262 g/mol. The van der Waals surface area contributed by atoms with E-state index in [1.54, 1.807) is 0 Å². The first kappa shape index (κ1) is 14.4. The lowest BCUT2D eigenvalue weighted by Gasteiger charge is -2.21. The highest BCUT2D eigenvalue weighted by Crippen LogP contribution is 2.15. The van der Waals surface area contributed by atoms with E-state index in [4.69, 9.17) is 0 Å². The second kappa shape index (κ2) is 6.96. The molecule has 5 nitrogen and oxygen atoms in total. The first-order valence-electron chi connectivity index (χ1n) is 6.12. The van der Waals surface area contributed by atoms with Crippen molar-refractivity contribution in [1.29, 1.82) is 0 Å². The molecule has 0 bridgehead atoms. The van der Waals surface area contributed by atoms with E-state index < -0.39 is 9.84 Å². The van der Waals surface area contributed by atoms with Gasteiger partial charge in [-0.3, -0.25) is 4.79 Å². The largest absolute Gasteiger partial charge is 0.356 e. The van der Waals surface area contributed by atoms with Crippen molar-refractivity contribution in [2.75, 3.05) is 31.6 Å². The lowest BCUT2D eigenvalue weighted by atomic mass is 9.94. The Morgan fingerprint density at radius 2 is 2.00 bits per heavy atom. The lowest BCUT2D eigenvalue weighted by molar-refractivity contribution is -0.122. The van der Waals surface area contributed by atoms with Gasteiger partial charge in [-0.25, -0.2) is 8.42 Å². The van der Waals surface area contributed by atoms with Crippen LogP contribution in [0, 0.1) is 5.92 Å². The molecule has 1 saturated heterocycles. The highest BCUT2D eigenvalue weighted by Gasteiger charge is 2.16. The van der Waals surface area contributed by atoms with Gasteiger partial charge in [0.1, 0.15) is 9.84 Å². The lowest BCUT2D eigenvalue weighted by Crippen LogP contribution is -2.32. The average Bonchev–Trinajstić information content (AvgIpc) is 2.25. The highest BCUT2D eigenvalue weighted by molar-refractivity contribution is 7.90. The Balaban J connectivity index is 2.08. The molecule has 100 valence electrons. The number of piperidine rings is 1. The molecule has 0 aromatic heterocycles. The third-order valence-corrected chi connectivity index (χ3v) is 3.98. The van der Waals surface area contributed by atoms with Crippen LogP contribution in [0.25, 0.3) is 0 Å². The zero-order chi connectivity index (χ0) is 12.7. The molecule has 0 aliphatic carbocycles. The number of rotatable bonds is 6. The Morgan fingerprint density at radius 1 is 1.35 bits per heavy atom. The molecule has 0 unspecified atom stereocenters. The predicted molar refractivity (Wildman–Crippen MR) is 67.5 cm³/mol. The SMILES string of the molecule is CS(=O)(=O)CCCNC(=O)CC1CCNCC1. The molecule has 17 heavy (non-hydrogen) atoms. The van der Waals surface area contributed by atoms with Crippen LogP contribution in [0.3, 0.4) is 0 Å². The topological polar surface area (TPSA) is 75.3 Å². The Bertz CT molecular complexity index is 335. The van der Waals surface area contributed by atoms with Gasteiger partial charge in [0.2, 0.25) is 5.91 Å². The van der Waals surface area contributed by atoms with Crippen LogP contribution in [0.2, 0.25) is 0 Å². The summed E-state index contributed by atoms with van der Waals surface area (Å²) in [6.07, 6.45) is 4.38. The van der Waals surface area contributed by atoms with Crippen LogP contribution >= 0.6 is 0 Å². The van der Waals surface area contributed by atoms with Gasteiger partial charge in [-0.15, -0.1) is 0 Å². The van der Waals surface area contributed by atoms with Crippen LogP contribution in [0.1, 0.15) is 25.7 Å². The number of hydrogen-bond acceptors (Lipinski definition) is 4. The molecule has 0 saturated carbocycles. The van der Waals surface area contributed by atoms with Crippen molar-refractivity contribution in [1.82, 2.24) is 10.6 Å². The van der Waals surface area contributed by atoms with Crippen LogP contribution in [0.4, 0.5) is 0 Å². The van der Waals surface area contributed by atoms with Crippen LogP contribution in [-0.4, -0.2) is 46.0 Å². The molecule has 1 heterocycles. The van der Waals surface area contributed by atoms with E-state index in [1.807, 2.05) is 0 Å². The molecule has 0 aromatic carbocycles. The normalized spacial score (nSPS) is 17.9. The van der Waals surface area contributed by atoms with Crippen molar-refractivity contribution in [3.8, 4) is 0 Å². The zero-order valence-electron chi connectivity index (χ0n) is 10.4. The summed E-state index contributed by atoms with van der Waals surface area (Å²) in [5.74, 6) is 0.664. The van der Waals surface area contributed by atoms with Crippen molar-refractivity contribution in [2.45, 2.75) is 25.7 Å². The second-order valence-electron chi connectivity index (χ2n) is 4.73. The summed E-state index contributed by atoms with van der Waals surface area (Å²) >= 11 is 0. The van der Waals surface area contributed by atoms with Crippen molar-refractivity contribution in [2.24, 2.45) is 5.92 Å². The number of carbonyl (C=O) groups excluding carboxylic acids is 1. The molecule has 1 aliphatic heterocycles. The standard InChI is InChI=1S/C11H22N2O3S/c1-17(15,16)8-2-5-13-11(14)9-10-3-6-12-7-4-10/h10,12H,2-9H2,1H3,(H,13,14). The molecule has 1 aliphatic rings. The minimum Gasteiger partial charge on any atom is -0.356 e. The average molecular weight is 262 g/mol. The molecule has 0 atom stereocenters. The van der Waals surface area contributed by atoms with Gasteiger partial charge in [-0.05, 0) is 38.3 Å². The van der Waals surface area contributed by atoms with Crippen LogP contribution in [0.15, 0.2) is 0 Å². The van der Waals surface area contributed by atoms with Crippen molar-refractivity contribution in [3.05, 3.63) is 0 Å². The third kappa shape index (κ3) is 7.33. The maximum Gasteiger partial charge on any atom is 0.220 e. The van der Waals surface area contributed by atoms with Gasteiger partial charge in [0.15, 0.2) is 0 Å². The highest BCUT2D eigenvalue weighted by atomic mass is 32.2. The van der Waals surface area contributed by atoms with E-state index in [9.17, 15) is 13.2 Å². The second-order valence-corrected chi connectivity index (χ2v) is 6.99. The fourth-order valence-corrected chi connectivity index (χ4v) is 2.65. The Labute approximate surface area is 103 Å². The molecule has 1 fully saturated rings. The third-order valence-electron chi connectivity index (χ3n) is 2.95. The molecular formula is C11H22N2O3S. The fraction of sp³-hybridized carbons (Fsp3) is 0.909. The quantitative estimate of drug-likeness (QED) is 0.657. The Morgan fingerprint density at radius 3 is 2.59 bits per heavy atom. The van der Waals surface area contributed by atoms with Gasteiger partial charge in [-0.2, -0.15) is 0 Å². The molecule has 0 radical (unpaired) electrons. The Kier molecular flexibility index (Phi) is 5.91. The van der Waals surface area contributed by atoms with Crippen molar-refractivity contribution < 1.29 is 13.2 Å². The number of nitrogens with one attached hydrogen (secondary N) is 2. The molecule has 0 spiro atoms. The predicted octanol–water partition coefficient (Wildman–Crippen LogP) is -0.0730. The van der Waals surface area contributed by atoms with Crippen molar-refractivity contribution in [3.63, 3.8) is 0 Å². The fourth-order valence-electron chi connectivity index (χ4n) is 1.98. The number of sulfone groups is 1. The van der Waals surface area contributed by atoms with Crippen LogP contribution in [-0.2, 0) is 14.6 Å². The molecule has 1 rings (SSSR count). The summed E-state index contributed by atoms with van der Waals surface area (Å²) in [5.41, 5.74) is 0. The van der Waals surface area contributed by atoms with Crippen molar-refractivity contribution >= 4 is 15.7 Å². The summed E-state index contributed by atoms with van der Waals surface area (Å²) in [4.78, 5) is 11.6. The first-order chi connectivity index (χ1) is 7.97. The van der Waals surface area contributed by atoms with E-state index in [0.717, 1.165) is 25.9 Å². The first-order valence-corrected chi connectivity index (χ1v) is 8.18. The smallest absolute Gasteiger partial charge is 0.220 e. The summed E-state index contributed by atoms with van der Waals surface area (Å²) in [5, 5.41) is 6.04. The molecular weight excluding hydrogens is 240 g/mol. The summed E-state index contributed by atoms with van der Waals surface area (Å²) in [6.45, 7) is 2.44. The Hall–Kier alpha value is -0.620. The minimum absolute atomic E-state index is 0.0467. The van der Waals surface area contributed by atoms with Gasteiger partial charge >= 0.3 is 0 Å². The summed E-state index contributed by atoms with van der Waals surface area (Å²) < 4.78 is 21.7. The summed E-state index contributed by atoms with van der Waals surface area (Å²) in [6, 6.07) is 0. The summed E-state index contributed by atoms with van der Waals surface area (Å²) in [7, 11) is -2.91. The number of amides is 1. The van der Waals surface area contributed by atoms with Gasteiger partial charge in [-0.1, -0.05) is 0 Å². The van der Waals surface area contributed by atoms with E-state index in [-0.39, 0.29) is 11.7 Å². The number of carbonyl (C=O) groups is 1. The maximum atomic E-state index is 11.6. The molecule has 1 amide bonds. The molecule has 2 N–H and O–H groups in total.